The van der Waals surface area contributed by atoms with Gasteiger partial charge in [-0.2, -0.15) is 0 Å². The van der Waals surface area contributed by atoms with E-state index in [9.17, 15) is 14.9 Å². The molecule has 2 aromatic carbocycles. The highest BCUT2D eigenvalue weighted by molar-refractivity contribution is 8.93. The first-order chi connectivity index (χ1) is 13.0. The Hall–Kier alpha value is -2.19. The zero-order valence-corrected chi connectivity index (χ0v) is 18.3. The number of nitrogens with zero attached hydrogens (tertiary/aromatic N) is 3. The third-order valence-corrected chi connectivity index (χ3v) is 5.68. The minimum absolute atomic E-state index is 0. The fourth-order valence-electron chi connectivity index (χ4n) is 2.90. The molecule has 28 heavy (non-hydrogen) atoms. The van der Waals surface area contributed by atoms with E-state index < -0.39 is 4.92 Å². The number of nitro groups is 1. The van der Waals surface area contributed by atoms with Crippen molar-refractivity contribution in [2.45, 2.75) is 20.3 Å². The standard InChI is InChI=1S/C20H21N3O3S.BrH/c1-14-5-3-6-18(15(14)2)22(20-21-11-4-12-27-20)13-19(24)16-7-9-17(10-8-16)23(25)26;/h3,5-10H,4,11-13H2,1-2H3;1H. The van der Waals surface area contributed by atoms with E-state index in [2.05, 4.69) is 4.99 Å². The van der Waals surface area contributed by atoms with Gasteiger partial charge in [-0.25, -0.2) is 0 Å². The summed E-state index contributed by atoms with van der Waals surface area (Å²) in [6.45, 7) is 5.00. The molecule has 0 aliphatic carbocycles. The Morgan fingerprint density at radius 3 is 2.54 bits per heavy atom. The summed E-state index contributed by atoms with van der Waals surface area (Å²) in [5.74, 6) is 0.881. The van der Waals surface area contributed by atoms with Crippen LogP contribution in [0.4, 0.5) is 11.4 Å². The lowest BCUT2D eigenvalue weighted by molar-refractivity contribution is -0.384. The highest BCUT2D eigenvalue weighted by Gasteiger charge is 2.22. The first-order valence-electron chi connectivity index (χ1n) is 8.76. The van der Waals surface area contributed by atoms with Gasteiger partial charge in [0, 0.05) is 35.7 Å². The van der Waals surface area contributed by atoms with Gasteiger partial charge in [-0.05, 0) is 49.6 Å². The highest BCUT2D eigenvalue weighted by Crippen LogP contribution is 2.28. The van der Waals surface area contributed by atoms with Crippen LogP contribution in [0.5, 0.6) is 0 Å². The van der Waals surface area contributed by atoms with Gasteiger partial charge < -0.3 is 4.90 Å². The van der Waals surface area contributed by atoms with E-state index in [-0.39, 0.29) is 35.0 Å². The minimum Gasteiger partial charge on any atom is -0.313 e. The predicted octanol–water partition coefficient (Wildman–Crippen LogP) is 4.97. The maximum Gasteiger partial charge on any atom is 0.269 e. The van der Waals surface area contributed by atoms with Gasteiger partial charge in [0.25, 0.3) is 5.69 Å². The number of carbonyl (C=O) groups excluding carboxylic acids is 1. The number of Topliss-reactive ketones (excluding diaryl/α,β-unsaturated/α-hetero) is 1. The number of aryl methyl sites for hydroxylation is 1. The zero-order valence-electron chi connectivity index (χ0n) is 15.8. The van der Waals surface area contributed by atoms with Gasteiger partial charge in [0.05, 0.1) is 11.5 Å². The van der Waals surface area contributed by atoms with Crippen LogP contribution in [0.2, 0.25) is 0 Å². The van der Waals surface area contributed by atoms with Crippen LogP contribution < -0.4 is 4.90 Å². The first-order valence-corrected chi connectivity index (χ1v) is 9.74. The number of nitro benzene ring substituents is 1. The normalized spacial score (nSPS) is 13.3. The molecule has 0 aromatic heterocycles. The van der Waals surface area contributed by atoms with Gasteiger partial charge >= 0.3 is 0 Å². The average molecular weight is 464 g/mol. The Labute approximate surface area is 179 Å². The summed E-state index contributed by atoms with van der Waals surface area (Å²) in [5, 5.41) is 11.7. The SMILES string of the molecule is Br.Cc1cccc(N(CC(=O)c2ccc([N+](=O)[O-])cc2)C2=NCCCS2)c1C. The van der Waals surface area contributed by atoms with Crippen LogP contribution in [0.15, 0.2) is 47.5 Å². The summed E-state index contributed by atoms with van der Waals surface area (Å²) < 4.78 is 0. The smallest absolute Gasteiger partial charge is 0.269 e. The van der Waals surface area contributed by atoms with Crippen molar-refractivity contribution in [1.29, 1.82) is 0 Å². The molecule has 0 radical (unpaired) electrons. The number of amidine groups is 1. The van der Waals surface area contributed by atoms with E-state index in [0.29, 0.717) is 5.56 Å². The van der Waals surface area contributed by atoms with E-state index >= 15 is 0 Å². The van der Waals surface area contributed by atoms with Gasteiger partial charge in [0.15, 0.2) is 11.0 Å². The fourth-order valence-corrected chi connectivity index (χ4v) is 3.86. The van der Waals surface area contributed by atoms with Crippen LogP contribution in [-0.4, -0.2) is 34.7 Å². The van der Waals surface area contributed by atoms with E-state index in [1.807, 2.05) is 36.9 Å². The number of anilines is 1. The summed E-state index contributed by atoms with van der Waals surface area (Å²) in [5.41, 5.74) is 3.67. The van der Waals surface area contributed by atoms with E-state index in [0.717, 1.165) is 40.7 Å². The molecule has 1 heterocycles. The lowest BCUT2D eigenvalue weighted by Gasteiger charge is -2.29. The van der Waals surface area contributed by atoms with Crippen molar-refractivity contribution in [3.63, 3.8) is 0 Å². The third-order valence-electron chi connectivity index (χ3n) is 4.58. The number of thioether (sulfide) groups is 1. The van der Waals surface area contributed by atoms with Crippen molar-refractivity contribution in [3.8, 4) is 0 Å². The molecule has 0 fully saturated rings. The van der Waals surface area contributed by atoms with E-state index in [1.54, 1.807) is 11.8 Å². The number of ketones is 1. The summed E-state index contributed by atoms with van der Waals surface area (Å²) in [4.78, 5) is 29.8. The second-order valence-corrected chi connectivity index (χ2v) is 7.46. The molecule has 6 nitrogen and oxygen atoms in total. The van der Waals surface area contributed by atoms with Crippen LogP contribution in [-0.2, 0) is 0 Å². The van der Waals surface area contributed by atoms with Gasteiger partial charge in [-0.1, -0.05) is 23.9 Å². The number of carbonyl (C=O) groups is 1. The Morgan fingerprint density at radius 2 is 1.93 bits per heavy atom. The molecule has 0 N–H and O–H groups in total. The van der Waals surface area contributed by atoms with Crippen LogP contribution in [0, 0.1) is 24.0 Å². The van der Waals surface area contributed by atoms with Crippen molar-refractivity contribution in [3.05, 3.63) is 69.3 Å². The van der Waals surface area contributed by atoms with Crippen LogP contribution in [0.1, 0.15) is 27.9 Å². The number of hydrogen-bond donors (Lipinski definition) is 0. The summed E-state index contributed by atoms with van der Waals surface area (Å²) in [6, 6.07) is 11.8. The maximum absolute atomic E-state index is 12.9. The quantitative estimate of drug-likeness (QED) is 0.355. The topological polar surface area (TPSA) is 75.8 Å². The molecule has 2 aromatic rings. The van der Waals surface area contributed by atoms with Crippen LogP contribution in [0.25, 0.3) is 0 Å². The number of rotatable bonds is 5. The molecule has 8 heteroatoms. The predicted molar refractivity (Wildman–Crippen MR) is 120 cm³/mol. The molecule has 0 atom stereocenters. The molecule has 1 aliphatic heterocycles. The lowest BCUT2D eigenvalue weighted by Crippen LogP contribution is -2.36. The van der Waals surface area contributed by atoms with Crippen molar-refractivity contribution in [2.24, 2.45) is 4.99 Å². The Kier molecular flexibility index (Phi) is 7.77. The zero-order chi connectivity index (χ0) is 19.4. The molecule has 0 bridgehead atoms. The molecular weight excluding hydrogens is 442 g/mol. The maximum atomic E-state index is 12.9. The molecule has 0 unspecified atom stereocenters. The summed E-state index contributed by atoms with van der Waals surface area (Å²) >= 11 is 1.66. The largest absolute Gasteiger partial charge is 0.313 e. The minimum atomic E-state index is -0.468. The Balaban J connectivity index is 0.00000280. The van der Waals surface area contributed by atoms with Crippen molar-refractivity contribution < 1.29 is 9.72 Å². The number of hydrogen-bond acceptors (Lipinski definition) is 6. The molecule has 0 spiro atoms. The molecular formula is C20H22BrN3O3S. The Bertz CT molecular complexity index is 900. The van der Waals surface area contributed by atoms with Gasteiger partial charge in [-0.15, -0.1) is 17.0 Å². The Morgan fingerprint density at radius 1 is 1.21 bits per heavy atom. The number of non-ortho nitro benzene ring substituents is 1. The molecule has 0 saturated heterocycles. The van der Waals surface area contributed by atoms with Crippen molar-refractivity contribution in [1.82, 2.24) is 0 Å². The molecule has 1 aliphatic rings. The van der Waals surface area contributed by atoms with Gasteiger partial charge in [0.2, 0.25) is 0 Å². The van der Waals surface area contributed by atoms with Crippen LogP contribution in [0.3, 0.4) is 0 Å². The molecule has 0 saturated carbocycles. The number of halogens is 1. The van der Waals surface area contributed by atoms with Crippen molar-refractivity contribution in [2.75, 3.05) is 23.7 Å². The number of benzene rings is 2. The second-order valence-electron chi connectivity index (χ2n) is 6.40. The fraction of sp³-hybridized carbons (Fsp3) is 0.300. The first kappa shape index (κ1) is 22.1. The second kappa shape index (κ2) is 9.84. The summed E-state index contributed by atoms with van der Waals surface area (Å²) in [6.07, 6.45) is 1.03. The average Bonchev–Trinajstić information content (AvgIpc) is 2.69. The molecule has 3 rings (SSSR count). The monoisotopic (exact) mass is 463 g/mol. The number of aliphatic imine (C=N–C) groups is 1. The molecule has 0 amide bonds. The lowest BCUT2D eigenvalue weighted by atomic mass is 10.1. The molecule has 148 valence electrons. The van der Waals surface area contributed by atoms with E-state index in [1.165, 1.54) is 24.3 Å². The van der Waals surface area contributed by atoms with Crippen molar-refractivity contribution >= 4 is 51.1 Å². The summed E-state index contributed by atoms with van der Waals surface area (Å²) in [7, 11) is 0. The highest BCUT2D eigenvalue weighted by atomic mass is 79.9. The van der Waals surface area contributed by atoms with Gasteiger partial charge in [0.1, 0.15) is 0 Å². The van der Waals surface area contributed by atoms with E-state index in [4.69, 9.17) is 0 Å². The van der Waals surface area contributed by atoms with Crippen LogP contribution >= 0.6 is 28.7 Å². The third kappa shape index (κ3) is 4.99. The van der Waals surface area contributed by atoms with Gasteiger partial charge in [-0.3, -0.25) is 19.9 Å².